The molecule has 0 amide bonds. The summed E-state index contributed by atoms with van der Waals surface area (Å²) < 4.78 is 6.31. The molecule has 6 heteroatoms. The highest BCUT2D eigenvalue weighted by Crippen LogP contribution is 2.16. The number of nitrogens with one attached hydrogen (secondary N) is 1. The summed E-state index contributed by atoms with van der Waals surface area (Å²) in [5.41, 5.74) is 0.752. The Bertz CT molecular complexity index is 636. The van der Waals surface area contributed by atoms with Gasteiger partial charge in [0.15, 0.2) is 0 Å². The second-order valence-corrected chi connectivity index (χ2v) is 5.99. The van der Waals surface area contributed by atoms with E-state index in [-0.39, 0.29) is 11.7 Å². The first-order valence-corrected chi connectivity index (χ1v) is 7.33. The van der Waals surface area contributed by atoms with E-state index in [1.165, 1.54) is 11.3 Å². The number of fused-ring (bicyclic) bond motifs is 1. The summed E-state index contributed by atoms with van der Waals surface area (Å²) in [6.45, 7) is 6.46. The summed E-state index contributed by atoms with van der Waals surface area (Å²) in [4.78, 5) is 21.6. The Labute approximate surface area is 115 Å². The molecule has 2 aromatic rings. The highest BCUT2D eigenvalue weighted by molar-refractivity contribution is 7.17. The summed E-state index contributed by atoms with van der Waals surface area (Å²) in [6, 6.07) is 2.24. The average Bonchev–Trinajstić information content (AvgIpc) is 2.82. The summed E-state index contributed by atoms with van der Waals surface area (Å²) in [5, 5.41) is 1.90. The average molecular weight is 279 g/mol. The zero-order valence-corrected chi connectivity index (χ0v) is 11.9. The van der Waals surface area contributed by atoms with Crippen LogP contribution in [0, 0.1) is 0 Å². The molecule has 0 saturated carbocycles. The fraction of sp³-hybridized carbons (Fsp3) is 0.538. The highest BCUT2D eigenvalue weighted by Gasteiger charge is 2.24. The van der Waals surface area contributed by atoms with Crippen LogP contribution in [0.1, 0.15) is 19.7 Å². The van der Waals surface area contributed by atoms with Gasteiger partial charge in [-0.15, -0.1) is 11.3 Å². The van der Waals surface area contributed by atoms with Crippen molar-refractivity contribution in [1.82, 2.24) is 14.9 Å². The Morgan fingerprint density at radius 1 is 1.58 bits per heavy atom. The molecular formula is C13H17N3O2S. The third kappa shape index (κ3) is 2.56. The minimum absolute atomic E-state index is 0.0380. The van der Waals surface area contributed by atoms with E-state index in [1.54, 1.807) is 0 Å². The highest BCUT2D eigenvalue weighted by atomic mass is 32.1. The SMILES string of the molecule is C[C@@H]1CO[C@@H](C)CN1Cc1nc2ccsc2c(=O)[nH]1. The number of aromatic amines is 1. The normalized spacial score (nSPS) is 24.9. The summed E-state index contributed by atoms with van der Waals surface area (Å²) in [7, 11) is 0. The monoisotopic (exact) mass is 279 g/mol. The van der Waals surface area contributed by atoms with E-state index in [1.807, 2.05) is 11.4 Å². The van der Waals surface area contributed by atoms with Gasteiger partial charge in [-0.1, -0.05) is 0 Å². The fourth-order valence-corrected chi connectivity index (χ4v) is 3.11. The van der Waals surface area contributed by atoms with Crippen LogP contribution in [0.4, 0.5) is 0 Å². The molecule has 102 valence electrons. The second-order valence-electron chi connectivity index (χ2n) is 5.07. The Balaban J connectivity index is 1.86. The lowest BCUT2D eigenvalue weighted by Gasteiger charge is -2.36. The van der Waals surface area contributed by atoms with Gasteiger partial charge < -0.3 is 9.72 Å². The van der Waals surface area contributed by atoms with Crippen molar-refractivity contribution in [3.8, 4) is 0 Å². The number of ether oxygens (including phenoxy) is 1. The van der Waals surface area contributed by atoms with Crippen molar-refractivity contribution in [2.45, 2.75) is 32.5 Å². The molecular weight excluding hydrogens is 262 g/mol. The molecule has 1 N–H and O–H groups in total. The number of morpholine rings is 1. The molecule has 3 heterocycles. The summed E-state index contributed by atoms with van der Waals surface area (Å²) >= 11 is 1.43. The first-order valence-electron chi connectivity index (χ1n) is 6.45. The van der Waals surface area contributed by atoms with Crippen molar-refractivity contribution in [2.75, 3.05) is 13.2 Å². The van der Waals surface area contributed by atoms with Crippen molar-refractivity contribution in [3.63, 3.8) is 0 Å². The number of rotatable bonds is 2. The van der Waals surface area contributed by atoms with E-state index in [0.717, 1.165) is 24.5 Å². The van der Waals surface area contributed by atoms with Crippen LogP contribution in [0.25, 0.3) is 10.2 Å². The molecule has 19 heavy (non-hydrogen) atoms. The topological polar surface area (TPSA) is 58.2 Å². The molecule has 1 aliphatic rings. The van der Waals surface area contributed by atoms with Crippen LogP contribution in [-0.4, -0.2) is 40.2 Å². The maximum Gasteiger partial charge on any atom is 0.268 e. The molecule has 0 radical (unpaired) electrons. The molecule has 0 aliphatic carbocycles. The minimum atomic E-state index is -0.0380. The number of thiophene rings is 1. The van der Waals surface area contributed by atoms with E-state index in [2.05, 4.69) is 28.7 Å². The van der Waals surface area contributed by atoms with Crippen LogP contribution in [0.15, 0.2) is 16.2 Å². The lowest BCUT2D eigenvalue weighted by molar-refractivity contribution is -0.0534. The van der Waals surface area contributed by atoms with Crippen molar-refractivity contribution >= 4 is 21.6 Å². The predicted octanol–water partition coefficient (Wildman–Crippen LogP) is 1.59. The number of aromatic nitrogens is 2. The van der Waals surface area contributed by atoms with E-state index in [4.69, 9.17) is 4.74 Å². The molecule has 0 aromatic carbocycles. The Hall–Kier alpha value is -1.24. The number of hydrogen-bond acceptors (Lipinski definition) is 5. The van der Waals surface area contributed by atoms with Gasteiger partial charge in [0.1, 0.15) is 10.5 Å². The number of H-pyrrole nitrogens is 1. The molecule has 3 rings (SSSR count). The first-order chi connectivity index (χ1) is 9.13. The molecule has 1 fully saturated rings. The maximum absolute atomic E-state index is 11.9. The van der Waals surface area contributed by atoms with Crippen LogP contribution in [-0.2, 0) is 11.3 Å². The second kappa shape index (κ2) is 5.03. The molecule has 1 saturated heterocycles. The van der Waals surface area contributed by atoms with Gasteiger partial charge in [0.25, 0.3) is 5.56 Å². The molecule has 2 atom stereocenters. The van der Waals surface area contributed by atoms with Crippen LogP contribution in [0.5, 0.6) is 0 Å². The van der Waals surface area contributed by atoms with Gasteiger partial charge in [-0.25, -0.2) is 4.98 Å². The van der Waals surface area contributed by atoms with Gasteiger partial charge in [-0.05, 0) is 25.3 Å². The summed E-state index contributed by atoms with van der Waals surface area (Å²) in [5.74, 6) is 0.733. The summed E-state index contributed by atoms with van der Waals surface area (Å²) in [6.07, 6.45) is 0.229. The quantitative estimate of drug-likeness (QED) is 0.907. The zero-order chi connectivity index (χ0) is 13.4. The predicted molar refractivity (Wildman–Crippen MR) is 75.5 cm³/mol. The van der Waals surface area contributed by atoms with Crippen LogP contribution < -0.4 is 5.56 Å². The van der Waals surface area contributed by atoms with Gasteiger partial charge in [0.05, 0.1) is 24.8 Å². The van der Waals surface area contributed by atoms with Gasteiger partial charge in [0, 0.05) is 12.6 Å². The largest absolute Gasteiger partial charge is 0.376 e. The van der Waals surface area contributed by atoms with Crippen LogP contribution in [0.2, 0.25) is 0 Å². The molecule has 0 spiro atoms. The van der Waals surface area contributed by atoms with E-state index >= 15 is 0 Å². The molecule has 0 unspecified atom stereocenters. The van der Waals surface area contributed by atoms with E-state index in [0.29, 0.717) is 17.3 Å². The van der Waals surface area contributed by atoms with E-state index < -0.39 is 0 Å². The van der Waals surface area contributed by atoms with Crippen LogP contribution in [0.3, 0.4) is 0 Å². The first kappa shape index (κ1) is 12.8. The van der Waals surface area contributed by atoms with Crippen LogP contribution >= 0.6 is 11.3 Å². The van der Waals surface area contributed by atoms with Crippen molar-refractivity contribution in [1.29, 1.82) is 0 Å². The fourth-order valence-electron chi connectivity index (χ4n) is 2.38. The van der Waals surface area contributed by atoms with Crippen molar-refractivity contribution < 1.29 is 4.74 Å². The van der Waals surface area contributed by atoms with Crippen molar-refractivity contribution in [3.05, 3.63) is 27.6 Å². The maximum atomic E-state index is 11.9. The molecule has 0 bridgehead atoms. The number of hydrogen-bond donors (Lipinski definition) is 1. The Kier molecular flexibility index (Phi) is 3.38. The zero-order valence-electron chi connectivity index (χ0n) is 11.0. The van der Waals surface area contributed by atoms with Gasteiger partial charge >= 0.3 is 0 Å². The van der Waals surface area contributed by atoms with Gasteiger partial charge in [0.2, 0.25) is 0 Å². The molecule has 5 nitrogen and oxygen atoms in total. The Morgan fingerprint density at radius 3 is 3.26 bits per heavy atom. The lowest BCUT2D eigenvalue weighted by Crippen LogP contribution is -2.47. The smallest absolute Gasteiger partial charge is 0.268 e. The standard InChI is InChI=1S/C13H17N3O2S/c1-8-7-18-9(2)5-16(8)6-11-14-10-3-4-19-12(10)13(17)15-11/h3-4,8-9H,5-7H2,1-2H3,(H,14,15,17)/t8-,9+/m1/s1. The Morgan fingerprint density at radius 2 is 2.42 bits per heavy atom. The van der Waals surface area contributed by atoms with Crippen molar-refractivity contribution in [2.24, 2.45) is 0 Å². The third-order valence-electron chi connectivity index (χ3n) is 3.45. The lowest BCUT2D eigenvalue weighted by atomic mass is 10.2. The third-order valence-corrected chi connectivity index (χ3v) is 4.36. The van der Waals surface area contributed by atoms with Gasteiger partial charge in [-0.2, -0.15) is 0 Å². The van der Waals surface area contributed by atoms with Gasteiger partial charge in [-0.3, -0.25) is 9.69 Å². The van der Waals surface area contributed by atoms with E-state index in [9.17, 15) is 4.79 Å². The molecule has 2 aromatic heterocycles. The number of nitrogens with zero attached hydrogens (tertiary/aromatic N) is 2. The molecule has 1 aliphatic heterocycles. The minimum Gasteiger partial charge on any atom is -0.376 e.